The molecule has 190 valence electrons. The molecule has 1 fully saturated rings. The van der Waals surface area contributed by atoms with Crippen LogP contribution < -0.4 is 5.69 Å². The van der Waals surface area contributed by atoms with Crippen LogP contribution in [0.15, 0.2) is 53.3 Å². The van der Waals surface area contributed by atoms with Crippen LogP contribution >= 0.6 is 0 Å². The number of imidazole rings is 1. The molecule has 2 aromatic carbocycles. The van der Waals surface area contributed by atoms with Crippen molar-refractivity contribution in [2.45, 2.75) is 71.5 Å². The molecule has 1 heterocycles. The van der Waals surface area contributed by atoms with Gasteiger partial charge in [-0.3, -0.25) is 9.36 Å². The van der Waals surface area contributed by atoms with Crippen molar-refractivity contribution in [3.63, 3.8) is 0 Å². The number of aromatic nitrogens is 2. The molecule has 1 aromatic heterocycles. The lowest BCUT2D eigenvalue weighted by Crippen LogP contribution is -2.31. The van der Waals surface area contributed by atoms with Gasteiger partial charge in [0.2, 0.25) is 5.91 Å². The van der Waals surface area contributed by atoms with Gasteiger partial charge in [-0.2, -0.15) is 0 Å². The van der Waals surface area contributed by atoms with E-state index in [9.17, 15) is 23.9 Å². The number of carboxylic acid groups (broad SMARTS) is 1. The van der Waals surface area contributed by atoms with Crippen molar-refractivity contribution in [2.24, 2.45) is 5.92 Å². The predicted molar refractivity (Wildman–Crippen MR) is 137 cm³/mol. The number of hydrogen-bond donors (Lipinski definition) is 1. The van der Waals surface area contributed by atoms with E-state index in [0.29, 0.717) is 17.7 Å². The van der Waals surface area contributed by atoms with E-state index >= 15 is 0 Å². The van der Waals surface area contributed by atoms with Crippen LogP contribution in [0.3, 0.4) is 0 Å². The number of carbonyl (C=O) groups excluding carboxylic acids is 1. The molecule has 1 saturated carbocycles. The fourth-order valence-electron chi connectivity index (χ4n) is 5.33. The maximum Gasteiger partial charge on any atom is 0.336 e. The summed E-state index contributed by atoms with van der Waals surface area (Å²) in [4.78, 5) is 38.2. The van der Waals surface area contributed by atoms with Crippen LogP contribution in [0.25, 0.3) is 11.1 Å². The molecule has 36 heavy (non-hydrogen) atoms. The van der Waals surface area contributed by atoms with Gasteiger partial charge in [0.25, 0.3) is 0 Å². The summed E-state index contributed by atoms with van der Waals surface area (Å²) in [5.74, 6) is -1.05. The van der Waals surface area contributed by atoms with E-state index in [0.717, 1.165) is 47.8 Å². The number of nitrogens with zero attached hydrogens (tertiary/aromatic N) is 2. The van der Waals surface area contributed by atoms with Crippen LogP contribution in [-0.2, 0) is 19.6 Å². The molecule has 0 saturated heterocycles. The lowest BCUT2D eigenvalue weighted by atomic mass is 9.87. The van der Waals surface area contributed by atoms with Crippen molar-refractivity contribution in [1.29, 1.82) is 0 Å². The van der Waals surface area contributed by atoms with Gasteiger partial charge >= 0.3 is 11.7 Å². The van der Waals surface area contributed by atoms with E-state index in [-0.39, 0.29) is 36.0 Å². The van der Waals surface area contributed by atoms with Crippen molar-refractivity contribution in [3.05, 3.63) is 81.5 Å². The van der Waals surface area contributed by atoms with E-state index in [2.05, 4.69) is 0 Å². The first kappa shape index (κ1) is 25.6. The van der Waals surface area contributed by atoms with Gasteiger partial charge in [0.1, 0.15) is 6.67 Å². The Morgan fingerprint density at radius 2 is 1.69 bits per heavy atom. The zero-order chi connectivity index (χ0) is 25.7. The second-order valence-electron chi connectivity index (χ2n) is 9.63. The topological polar surface area (TPSA) is 81.3 Å². The van der Waals surface area contributed by atoms with Gasteiger partial charge in [0.05, 0.1) is 17.8 Å². The Morgan fingerprint density at radius 1 is 1.00 bits per heavy atom. The largest absolute Gasteiger partial charge is 0.478 e. The minimum atomic E-state index is -0.997. The molecule has 0 unspecified atom stereocenters. The Bertz CT molecular complexity index is 1280. The van der Waals surface area contributed by atoms with Crippen LogP contribution in [0.5, 0.6) is 0 Å². The Morgan fingerprint density at radius 3 is 2.33 bits per heavy atom. The lowest BCUT2D eigenvalue weighted by molar-refractivity contribution is 0.0697. The normalized spacial score (nSPS) is 14.2. The monoisotopic (exact) mass is 492 g/mol. The number of carboxylic acids is 1. The van der Waals surface area contributed by atoms with Crippen LogP contribution in [0.4, 0.5) is 4.39 Å². The summed E-state index contributed by atoms with van der Waals surface area (Å²) in [5.41, 5.74) is 2.66. The number of aromatic carboxylic acids is 1. The third-order valence-corrected chi connectivity index (χ3v) is 7.16. The molecule has 1 aliphatic rings. The number of carbonyl (C=O) groups is 2. The fraction of sp³-hybridized carbons (Fsp3) is 0.414. The number of halogens is 1. The standard InChI is InChI=1S/C29H33FN2O4/c1-2-8-25-26(18-30)32(27(33)17-20-9-4-3-5-10-20)29(36)31(25)19-21-13-15-22(16-14-21)23-11-6-7-12-24(23)28(34)35/h6-7,11-16,20H,2-5,8-10,17-19H2,1H3,(H,34,35). The van der Waals surface area contributed by atoms with Crippen molar-refractivity contribution in [2.75, 3.05) is 0 Å². The maximum atomic E-state index is 14.2. The number of rotatable bonds is 9. The maximum absolute atomic E-state index is 14.2. The molecule has 0 amide bonds. The minimum Gasteiger partial charge on any atom is -0.478 e. The van der Waals surface area contributed by atoms with Crippen molar-refractivity contribution in [3.8, 4) is 11.1 Å². The first-order chi connectivity index (χ1) is 17.4. The molecule has 0 atom stereocenters. The fourth-order valence-corrected chi connectivity index (χ4v) is 5.33. The van der Waals surface area contributed by atoms with Crippen LogP contribution in [0.2, 0.25) is 0 Å². The van der Waals surface area contributed by atoms with Crippen molar-refractivity contribution < 1.29 is 19.1 Å². The summed E-state index contributed by atoms with van der Waals surface area (Å²) in [6.07, 6.45) is 6.82. The zero-order valence-corrected chi connectivity index (χ0v) is 20.7. The van der Waals surface area contributed by atoms with E-state index < -0.39 is 18.3 Å². The first-order valence-corrected chi connectivity index (χ1v) is 12.8. The number of hydrogen-bond acceptors (Lipinski definition) is 3. The molecule has 0 spiro atoms. The number of alkyl halides is 1. The third-order valence-electron chi connectivity index (χ3n) is 7.16. The SMILES string of the molecule is CCCc1c(CF)n(C(=O)CC2CCCCC2)c(=O)n1Cc1ccc(-c2ccccc2C(=O)O)cc1. The molecular weight excluding hydrogens is 459 g/mol. The highest BCUT2D eigenvalue weighted by atomic mass is 19.1. The van der Waals surface area contributed by atoms with E-state index in [1.54, 1.807) is 24.3 Å². The summed E-state index contributed by atoms with van der Waals surface area (Å²) < 4.78 is 16.8. The summed E-state index contributed by atoms with van der Waals surface area (Å²) in [6.45, 7) is 1.32. The smallest absolute Gasteiger partial charge is 0.336 e. The Labute approximate surface area is 210 Å². The molecule has 0 aliphatic heterocycles. The summed E-state index contributed by atoms with van der Waals surface area (Å²) in [7, 11) is 0. The van der Waals surface area contributed by atoms with Gasteiger partial charge < -0.3 is 5.11 Å². The number of benzene rings is 2. The summed E-state index contributed by atoms with van der Waals surface area (Å²) in [6, 6.07) is 14.1. The minimum absolute atomic E-state index is 0.176. The molecule has 0 radical (unpaired) electrons. The average molecular weight is 493 g/mol. The Balaban J connectivity index is 1.64. The van der Waals surface area contributed by atoms with Crippen molar-refractivity contribution in [1.82, 2.24) is 9.13 Å². The average Bonchev–Trinajstić information content (AvgIpc) is 3.15. The first-order valence-electron chi connectivity index (χ1n) is 12.8. The van der Waals surface area contributed by atoms with Gasteiger partial charge in [0.15, 0.2) is 0 Å². The zero-order valence-electron chi connectivity index (χ0n) is 20.7. The highest BCUT2D eigenvalue weighted by molar-refractivity contribution is 5.96. The van der Waals surface area contributed by atoms with Crippen LogP contribution in [0.1, 0.15) is 84.0 Å². The third kappa shape index (κ3) is 5.35. The van der Waals surface area contributed by atoms with Gasteiger partial charge in [-0.05, 0) is 47.9 Å². The summed E-state index contributed by atoms with van der Waals surface area (Å²) in [5, 5.41) is 9.49. The lowest BCUT2D eigenvalue weighted by Gasteiger charge is -2.20. The van der Waals surface area contributed by atoms with E-state index in [4.69, 9.17) is 0 Å². The molecular formula is C29H33FN2O4. The van der Waals surface area contributed by atoms with Crippen LogP contribution in [0, 0.1) is 5.92 Å². The quantitative estimate of drug-likeness (QED) is 0.392. The molecule has 7 heteroatoms. The molecule has 1 N–H and O–H groups in total. The molecule has 1 aliphatic carbocycles. The van der Waals surface area contributed by atoms with E-state index in [1.165, 1.54) is 11.0 Å². The second-order valence-corrected chi connectivity index (χ2v) is 9.63. The van der Waals surface area contributed by atoms with E-state index in [1.807, 2.05) is 31.2 Å². The highest BCUT2D eigenvalue weighted by Gasteiger charge is 2.26. The molecule has 4 rings (SSSR count). The summed E-state index contributed by atoms with van der Waals surface area (Å²) >= 11 is 0. The van der Waals surface area contributed by atoms with Gasteiger partial charge in [-0.1, -0.05) is 75.1 Å². The Hall–Kier alpha value is -3.48. The molecule has 6 nitrogen and oxygen atoms in total. The van der Waals surface area contributed by atoms with Gasteiger partial charge in [0, 0.05) is 12.1 Å². The van der Waals surface area contributed by atoms with Gasteiger partial charge in [-0.25, -0.2) is 18.5 Å². The van der Waals surface area contributed by atoms with Gasteiger partial charge in [-0.15, -0.1) is 0 Å². The predicted octanol–water partition coefficient (Wildman–Crippen LogP) is 6.10. The Kier molecular flexibility index (Phi) is 8.18. The van der Waals surface area contributed by atoms with Crippen molar-refractivity contribution >= 4 is 11.9 Å². The molecule has 3 aromatic rings. The molecule has 0 bridgehead atoms. The van der Waals surface area contributed by atoms with Crippen LogP contribution in [-0.4, -0.2) is 26.1 Å². The highest BCUT2D eigenvalue weighted by Crippen LogP contribution is 2.28. The second kappa shape index (κ2) is 11.5.